The van der Waals surface area contributed by atoms with Crippen molar-refractivity contribution in [3.05, 3.63) is 39.9 Å². The molecule has 0 aliphatic carbocycles. The van der Waals surface area contributed by atoms with Gasteiger partial charge in [-0.15, -0.1) is 12.4 Å². The second-order valence-electron chi connectivity index (χ2n) is 5.08. The van der Waals surface area contributed by atoms with Crippen LogP contribution >= 0.6 is 12.4 Å². The molecule has 2 atom stereocenters. The highest BCUT2D eigenvalue weighted by atomic mass is 35.5. The van der Waals surface area contributed by atoms with E-state index in [1.165, 1.54) is 12.1 Å². The zero-order valence-corrected chi connectivity index (χ0v) is 12.7. The van der Waals surface area contributed by atoms with Crippen LogP contribution in [0, 0.1) is 10.1 Å². The maximum absolute atomic E-state index is 12.1. The molecule has 6 nitrogen and oxygen atoms in total. The highest BCUT2D eigenvalue weighted by molar-refractivity contribution is 5.85. The van der Waals surface area contributed by atoms with Crippen molar-refractivity contribution in [1.29, 1.82) is 0 Å². The van der Waals surface area contributed by atoms with Gasteiger partial charge in [-0.3, -0.25) is 14.9 Å². The average molecular weight is 314 g/mol. The Balaban J connectivity index is 0.00000220. The molecule has 1 aliphatic heterocycles. The molecule has 1 amide bonds. The molecule has 7 heteroatoms. The number of hydrogen-bond acceptors (Lipinski definition) is 4. The van der Waals surface area contributed by atoms with Crippen LogP contribution < -0.4 is 10.6 Å². The number of piperidine rings is 1. The van der Waals surface area contributed by atoms with Crippen molar-refractivity contribution in [1.82, 2.24) is 10.6 Å². The first-order valence-electron chi connectivity index (χ1n) is 6.86. The summed E-state index contributed by atoms with van der Waals surface area (Å²) in [7, 11) is 0. The first-order chi connectivity index (χ1) is 9.58. The molecule has 1 unspecified atom stereocenters. The standard InChI is InChI=1S/C14H19N3O3.ClH/c1-10(11-5-4-6-12(9-11)17(19)20)16-14(18)13-7-2-3-8-15-13;/h4-6,9-10,13,15H,2-3,7-8H2,1H3,(H,16,18);1H/t10?,13-;/m1./s1. The maximum Gasteiger partial charge on any atom is 0.269 e. The average Bonchev–Trinajstić information content (AvgIpc) is 2.48. The third-order valence-electron chi connectivity index (χ3n) is 3.57. The number of nitro groups is 1. The van der Waals surface area contributed by atoms with Gasteiger partial charge < -0.3 is 10.6 Å². The van der Waals surface area contributed by atoms with Gasteiger partial charge in [-0.05, 0) is 31.9 Å². The van der Waals surface area contributed by atoms with Gasteiger partial charge in [0, 0.05) is 12.1 Å². The molecular weight excluding hydrogens is 294 g/mol. The van der Waals surface area contributed by atoms with Gasteiger partial charge >= 0.3 is 0 Å². The Morgan fingerprint density at radius 3 is 2.86 bits per heavy atom. The molecule has 21 heavy (non-hydrogen) atoms. The maximum atomic E-state index is 12.1. The zero-order chi connectivity index (χ0) is 14.5. The molecule has 0 radical (unpaired) electrons. The van der Waals surface area contributed by atoms with Crippen molar-refractivity contribution in [2.75, 3.05) is 6.54 Å². The molecule has 116 valence electrons. The van der Waals surface area contributed by atoms with E-state index in [0.717, 1.165) is 31.4 Å². The summed E-state index contributed by atoms with van der Waals surface area (Å²) >= 11 is 0. The van der Waals surface area contributed by atoms with Crippen molar-refractivity contribution >= 4 is 24.0 Å². The topological polar surface area (TPSA) is 84.3 Å². The van der Waals surface area contributed by atoms with Crippen LogP contribution in [0.1, 0.15) is 37.8 Å². The molecule has 1 aromatic rings. The van der Waals surface area contributed by atoms with Crippen LogP contribution in [0.4, 0.5) is 5.69 Å². The summed E-state index contributed by atoms with van der Waals surface area (Å²) in [6.45, 7) is 2.70. The fourth-order valence-corrected chi connectivity index (χ4v) is 2.38. The molecule has 0 saturated carbocycles. The fraction of sp³-hybridized carbons (Fsp3) is 0.500. The van der Waals surface area contributed by atoms with E-state index in [2.05, 4.69) is 10.6 Å². The van der Waals surface area contributed by atoms with Crippen LogP contribution in [0.25, 0.3) is 0 Å². The van der Waals surface area contributed by atoms with Crippen molar-refractivity contribution in [2.45, 2.75) is 38.3 Å². The van der Waals surface area contributed by atoms with Gasteiger partial charge in [0.1, 0.15) is 0 Å². The number of carbonyl (C=O) groups excluding carboxylic acids is 1. The molecular formula is C14H20ClN3O3. The SMILES string of the molecule is CC(NC(=O)[C@H]1CCCCN1)c1cccc([N+](=O)[O-])c1.Cl. The van der Waals surface area contributed by atoms with Gasteiger partial charge in [-0.2, -0.15) is 0 Å². The summed E-state index contributed by atoms with van der Waals surface area (Å²) in [4.78, 5) is 22.4. The fourth-order valence-electron chi connectivity index (χ4n) is 2.38. The third-order valence-corrected chi connectivity index (χ3v) is 3.57. The van der Waals surface area contributed by atoms with E-state index in [1.807, 2.05) is 6.92 Å². The van der Waals surface area contributed by atoms with Crippen molar-refractivity contribution in [3.63, 3.8) is 0 Å². The number of nitrogens with zero attached hydrogens (tertiary/aromatic N) is 1. The molecule has 2 rings (SSSR count). The smallest absolute Gasteiger partial charge is 0.269 e. The lowest BCUT2D eigenvalue weighted by Crippen LogP contribution is -2.47. The lowest BCUT2D eigenvalue weighted by Gasteiger charge is -2.24. The van der Waals surface area contributed by atoms with E-state index in [9.17, 15) is 14.9 Å². The number of carbonyl (C=O) groups is 1. The summed E-state index contributed by atoms with van der Waals surface area (Å²) in [5.41, 5.74) is 0.780. The van der Waals surface area contributed by atoms with Crippen LogP contribution in [0.15, 0.2) is 24.3 Å². The molecule has 1 aromatic carbocycles. The van der Waals surface area contributed by atoms with Gasteiger partial charge in [-0.25, -0.2) is 0 Å². The summed E-state index contributed by atoms with van der Waals surface area (Å²) in [5.74, 6) is -0.0382. The van der Waals surface area contributed by atoms with Crippen LogP contribution in [0.2, 0.25) is 0 Å². The molecule has 0 spiro atoms. The highest BCUT2D eigenvalue weighted by Crippen LogP contribution is 2.19. The van der Waals surface area contributed by atoms with E-state index in [4.69, 9.17) is 0 Å². The van der Waals surface area contributed by atoms with Gasteiger partial charge in [0.05, 0.1) is 17.0 Å². The summed E-state index contributed by atoms with van der Waals surface area (Å²) in [5, 5.41) is 16.8. The molecule has 1 fully saturated rings. The summed E-state index contributed by atoms with van der Waals surface area (Å²) in [6.07, 6.45) is 2.99. The number of non-ortho nitro benzene ring substituents is 1. The molecule has 1 heterocycles. The van der Waals surface area contributed by atoms with Crippen molar-refractivity contribution < 1.29 is 9.72 Å². The Kier molecular flexibility index (Phi) is 6.58. The van der Waals surface area contributed by atoms with Crippen molar-refractivity contribution in [2.24, 2.45) is 0 Å². The largest absolute Gasteiger partial charge is 0.348 e. The van der Waals surface area contributed by atoms with E-state index >= 15 is 0 Å². The molecule has 0 aromatic heterocycles. The predicted molar refractivity (Wildman–Crippen MR) is 82.5 cm³/mol. The Morgan fingerprint density at radius 1 is 1.48 bits per heavy atom. The lowest BCUT2D eigenvalue weighted by molar-refractivity contribution is -0.384. The first-order valence-corrected chi connectivity index (χ1v) is 6.86. The Labute approximate surface area is 129 Å². The summed E-state index contributed by atoms with van der Waals surface area (Å²) in [6, 6.07) is 5.97. The minimum Gasteiger partial charge on any atom is -0.348 e. The number of amides is 1. The number of hydrogen-bond donors (Lipinski definition) is 2. The minimum atomic E-state index is -0.430. The van der Waals surface area contributed by atoms with Crippen LogP contribution in [0.5, 0.6) is 0 Å². The Bertz CT molecular complexity index is 504. The van der Waals surface area contributed by atoms with Gasteiger partial charge in [-0.1, -0.05) is 18.6 Å². The number of halogens is 1. The lowest BCUT2D eigenvalue weighted by atomic mass is 10.0. The highest BCUT2D eigenvalue weighted by Gasteiger charge is 2.22. The molecule has 2 N–H and O–H groups in total. The van der Waals surface area contributed by atoms with E-state index in [0.29, 0.717) is 0 Å². The normalized spacial score (nSPS) is 19.2. The summed E-state index contributed by atoms with van der Waals surface area (Å²) < 4.78 is 0. The van der Waals surface area contributed by atoms with E-state index in [1.54, 1.807) is 12.1 Å². The van der Waals surface area contributed by atoms with Crippen molar-refractivity contribution in [3.8, 4) is 0 Å². The second-order valence-corrected chi connectivity index (χ2v) is 5.08. The van der Waals surface area contributed by atoms with E-state index < -0.39 is 4.92 Å². The van der Waals surface area contributed by atoms with Gasteiger partial charge in [0.25, 0.3) is 5.69 Å². The first kappa shape index (κ1) is 17.4. The minimum absolute atomic E-state index is 0. The second kappa shape index (κ2) is 7.95. The number of nitrogens with one attached hydrogen (secondary N) is 2. The van der Waals surface area contributed by atoms with Gasteiger partial charge in [0.15, 0.2) is 0 Å². The zero-order valence-electron chi connectivity index (χ0n) is 11.9. The van der Waals surface area contributed by atoms with Crippen LogP contribution in [-0.4, -0.2) is 23.4 Å². The van der Waals surface area contributed by atoms with Crippen LogP contribution in [0.3, 0.4) is 0 Å². The monoisotopic (exact) mass is 313 g/mol. The van der Waals surface area contributed by atoms with Crippen LogP contribution in [-0.2, 0) is 4.79 Å². The third kappa shape index (κ3) is 4.68. The van der Waals surface area contributed by atoms with Gasteiger partial charge in [0.2, 0.25) is 5.91 Å². The molecule has 0 bridgehead atoms. The number of nitro benzene ring substituents is 1. The number of benzene rings is 1. The Hall–Kier alpha value is -1.66. The molecule has 1 saturated heterocycles. The van der Waals surface area contributed by atoms with E-state index in [-0.39, 0.29) is 36.1 Å². The quantitative estimate of drug-likeness (QED) is 0.660. The predicted octanol–water partition coefficient (Wildman–Crippen LogP) is 2.34. The molecule has 1 aliphatic rings. The Morgan fingerprint density at radius 2 is 2.24 bits per heavy atom. The number of rotatable bonds is 4.